The molecule has 3 rings (SSSR count). The van der Waals surface area contributed by atoms with Gasteiger partial charge in [0.2, 0.25) is 23.6 Å². The summed E-state index contributed by atoms with van der Waals surface area (Å²) in [5.41, 5.74) is 0.791. The lowest BCUT2D eigenvalue weighted by Gasteiger charge is -2.30. The number of carboxylic acid groups (broad SMARTS) is 1. The molecule has 2 aliphatic rings. The van der Waals surface area contributed by atoms with Crippen LogP contribution >= 0.6 is 0 Å². The minimum Gasteiger partial charge on any atom is -0.481 e. The molecule has 0 saturated heterocycles. The van der Waals surface area contributed by atoms with E-state index < -0.39 is 47.9 Å². The fraction of sp³-hybridized carbons (Fsp3) is 0.737. The van der Waals surface area contributed by atoms with Crippen LogP contribution in [-0.4, -0.2) is 69.0 Å². The Kier molecular flexibility index (Phi) is 17.1. The summed E-state index contributed by atoms with van der Waals surface area (Å²) >= 11 is 0. The number of aromatic nitrogens is 1. The first-order chi connectivity index (χ1) is 23.9. The minimum atomic E-state index is -1.16. The van der Waals surface area contributed by atoms with Gasteiger partial charge in [-0.3, -0.25) is 29.0 Å². The highest BCUT2D eigenvalue weighted by Crippen LogP contribution is 2.34. The van der Waals surface area contributed by atoms with E-state index in [4.69, 9.17) is 5.11 Å². The van der Waals surface area contributed by atoms with E-state index in [1.165, 1.54) is 19.3 Å². The second kappa shape index (κ2) is 21.0. The predicted octanol–water partition coefficient (Wildman–Crippen LogP) is 4.56. The van der Waals surface area contributed by atoms with Crippen molar-refractivity contribution in [3.8, 4) is 0 Å². The van der Waals surface area contributed by atoms with Crippen LogP contribution in [0.15, 0.2) is 24.4 Å². The maximum Gasteiger partial charge on any atom is 0.303 e. The van der Waals surface area contributed by atoms with E-state index in [0.29, 0.717) is 25.2 Å². The number of hydrogen-bond acceptors (Lipinski definition) is 7. The monoisotopic (exact) mass is 699 g/mol. The van der Waals surface area contributed by atoms with Crippen molar-refractivity contribution in [1.82, 2.24) is 26.3 Å². The molecule has 2 aliphatic carbocycles. The molecule has 6 atom stereocenters. The van der Waals surface area contributed by atoms with Gasteiger partial charge in [0.15, 0.2) is 0 Å². The third kappa shape index (κ3) is 14.7. The SMILES string of the molecule is CC[C@H](C)[C@H](NC(=O)CCCC(=O)O)C(=O)NC(CC1CC1)C(=O)N[C@@H](CC(C)C)[C@@H](O)CC(=O)N[C@H](CC1CCCCC1)c1ccccn1. The van der Waals surface area contributed by atoms with Gasteiger partial charge in [0.1, 0.15) is 12.1 Å². The fourth-order valence-corrected chi connectivity index (χ4v) is 6.81. The third-order valence-electron chi connectivity index (χ3n) is 10.1. The van der Waals surface area contributed by atoms with Crippen LogP contribution in [-0.2, 0) is 24.0 Å². The van der Waals surface area contributed by atoms with E-state index in [-0.39, 0.29) is 55.4 Å². The highest BCUT2D eigenvalue weighted by molar-refractivity contribution is 5.92. The second-order valence-corrected chi connectivity index (χ2v) is 15.0. The van der Waals surface area contributed by atoms with E-state index >= 15 is 0 Å². The van der Waals surface area contributed by atoms with Gasteiger partial charge in [0, 0.05) is 19.0 Å². The molecule has 2 saturated carbocycles. The van der Waals surface area contributed by atoms with Gasteiger partial charge in [-0.05, 0) is 61.5 Å². The van der Waals surface area contributed by atoms with E-state index in [0.717, 1.165) is 37.8 Å². The average Bonchev–Trinajstić information content (AvgIpc) is 3.90. The molecule has 0 aromatic carbocycles. The van der Waals surface area contributed by atoms with Crippen LogP contribution in [0.3, 0.4) is 0 Å². The lowest BCUT2D eigenvalue weighted by atomic mass is 9.84. The lowest BCUT2D eigenvalue weighted by molar-refractivity contribution is -0.137. The van der Waals surface area contributed by atoms with Crippen LogP contribution in [0.2, 0.25) is 0 Å². The van der Waals surface area contributed by atoms with Crippen molar-refractivity contribution in [3.63, 3.8) is 0 Å². The molecule has 1 aromatic heterocycles. The van der Waals surface area contributed by atoms with Gasteiger partial charge in [0.25, 0.3) is 0 Å². The molecule has 0 aliphatic heterocycles. The Balaban J connectivity index is 1.67. The molecule has 0 spiro atoms. The molecular weight excluding hydrogens is 638 g/mol. The summed E-state index contributed by atoms with van der Waals surface area (Å²) in [5.74, 6) is -1.99. The smallest absolute Gasteiger partial charge is 0.303 e. The topological polar surface area (TPSA) is 187 Å². The molecule has 0 radical (unpaired) electrons. The van der Waals surface area contributed by atoms with Crippen molar-refractivity contribution in [2.45, 2.75) is 154 Å². The molecule has 6 N–H and O–H groups in total. The van der Waals surface area contributed by atoms with Gasteiger partial charge in [-0.15, -0.1) is 0 Å². The summed E-state index contributed by atoms with van der Waals surface area (Å²) < 4.78 is 0. The van der Waals surface area contributed by atoms with E-state index in [1.807, 2.05) is 45.9 Å². The molecule has 1 heterocycles. The zero-order valence-electron chi connectivity index (χ0n) is 30.5. The summed E-state index contributed by atoms with van der Waals surface area (Å²) in [6.07, 6.45) is 10.4. The Morgan fingerprint density at radius 1 is 0.840 bits per heavy atom. The molecule has 4 amide bonds. The first kappa shape index (κ1) is 40.9. The molecule has 280 valence electrons. The number of aliphatic hydroxyl groups is 1. The van der Waals surface area contributed by atoms with Crippen molar-refractivity contribution < 1.29 is 34.2 Å². The van der Waals surface area contributed by atoms with E-state index in [1.54, 1.807) is 6.20 Å². The number of nitrogens with one attached hydrogen (secondary N) is 4. The first-order valence-electron chi connectivity index (χ1n) is 18.9. The van der Waals surface area contributed by atoms with Gasteiger partial charge >= 0.3 is 5.97 Å². The van der Waals surface area contributed by atoms with Crippen LogP contribution in [0.4, 0.5) is 0 Å². The number of hydrogen-bond donors (Lipinski definition) is 6. The van der Waals surface area contributed by atoms with Gasteiger partial charge in [-0.2, -0.15) is 0 Å². The van der Waals surface area contributed by atoms with E-state index in [9.17, 15) is 29.1 Å². The van der Waals surface area contributed by atoms with Gasteiger partial charge in [-0.1, -0.05) is 85.1 Å². The molecule has 0 bridgehead atoms. The van der Waals surface area contributed by atoms with Gasteiger partial charge < -0.3 is 31.5 Å². The van der Waals surface area contributed by atoms with Crippen LogP contribution in [0.5, 0.6) is 0 Å². The van der Waals surface area contributed by atoms with Crippen LogP contribution < -0.4 is 21.3 Å². The van der Waals surface area contributed by atoms with Crippen molar-refractivity contribution in [2.75, 3.05) is 0 Å². The van der Waals surface area contributed by atoms with Crippen LogP contribution in [0.25, 0.3) is 0 Å². The number of amides is 4. The lowest BCUT2D eigenvalue weighted by Crippen LogP contribution is -2.57. The molecule has 50 heavy (non-hydrogen) atoms. The number of nitrogens with zero attached hydrogens (tertiary/aromatic N) is 1. The molecule has 1 unspecified atom stereocenters. The standard InChI is InChI=1S/C38H61N5O7/c1-5-25(4)36(43-33(45)15-11-16-35(47)48)38(50)42-31(22-27-17-18-27)37(49)41-30(20-24(2)3)32(44)23-34(46)40-29(28-14-9-10-19-39-28)21-26-12-7-6-8-13-26/h9-10,14,19,24-27,29-32,36,44H,5-8,11-13,15-18,20-23H2,1-4H3,(H,40,46)(H,41,49)(H,42,50)(H,43,45)(H,47,48)/t25-,29+,30-,31?,32-,36-/m0/s1. The molecule has 1 aromatic rings. The molecule has 2 fully saturated rings. The largest absolute Gasteiger partial charge is 0.481 e. The summed E-state index contributed by atoms with van der Waals surface area (Å²) in [7, 11) is 0. The summed E-state index contributed by atoms with van der Waals surface area (Å²) in [6, 6.07) is 2.89. The number of carboxylic acids is 1. The average molecular weight is 700 g/mol. The number of carbonyl (C=O) groups is 5. The number of aliphatic hydroxyl groups excluding tert-OH is 1. The maximum atomic E-state index is 13.8. The number of rotatable bonds is 22. The highest BCUT2D eigenvalue weighted by atomic mass is 16.4. The number of pyridine rings is 1. The highest BCUT2D eigenvalue weighted by Gasteiger charge is 2.36. The first-order valence-corrected chi connectivity index (χ1v) is 18.9. The Hall–Kier alpha value is -3.54. The van der Waals surface area contributed by atoms with Crippen molar-refractivity contribution in [1.29, 1.82) is 0 Å². The maximum absolute atomic E-state index is 13.8. The summed E-state index contributed by atoms with van der Waals surface area (Å²) in [6.45, 7) is 7.70. The number of aliphatic carboxylic acids is 1. The van der Waals surface area contributed by atoms with Crippen LogP contribution in [0, 0.1) is 23.7 Å². The zero-order valence-corrected chi connectivity index (χ0v) is 30.5. The van der Waals surface area contributed by atoms with Crippen molar-refractivity contribution in [3.05, 3.63) is 30.1 Å². The Morgan fingerprint density at radius 2 is 1.54 bits per heavy atom. The Bertz CT molecular complexity index is 1240. The zero-order chi connectivity index (χ0) is 36.6. The molecule has 12 heteroatoms. The quantitative estimate of drug-likeness (QED) is 0.102. The van der Waals surface area contributed by atoms with Gasteiger partial charge in [-0.25, -0.2) is 0 Å². The number of carbonyl (C=O) groups excluding carboxylic acids is 4. The van der Waals surface area contributed by atoms with Crippen LogP contribution in [0.1, 0.15) is 136 Å². The molecular formula is C38H61N5O7. The fourth-order valence-electron chi connectivity index (χ4n) is 6.81. The summed E-state index contributed by atoms with van der Waals surface area (Å²) in [4.78, 5) is 68.8. The normalized spacial score (nSPS) is 18.6. The van der Waals surface area contributed by atoms with E-state index in [2.05, 4.69) is 26.3 Å². The third-order valence-corrected chi connectivity index (χ3v) is 10.1. The second-order valence-electron chi connectivity index (χ2n) is 15.0. The van der Waals surface area contributed by atoms with Crippen molar-refractivity contribution in [2.24, 2.45) is 23.7 Å². The summed E-state index contributed by atoms with van der Waals surface area (Å²) in [5, 5.41) is 32.0. The minimum absolute atomic E-state index is 0.0238. The Morgan fingerprint density at radius 3 is 2.14 bits per heavy atom. The predicted molar refractivity (Wildman–Crippen MR) is 190 cm³/mol. The van der Waals surface area contributed by atoms with Crippen molar-refractivity contribution >= 4 is 29.6 Å². The Labute approximate surface area is 297 Å². The van der Waals surface area contributed by atoms with Gasteiger partial charge in [0.05, 0.1) is 30.3 Å². The molecule has 12 nitrogen and oxygen atoms in total.